The Morgan fingerprint density at radius 1 is 1.58 bits per heavy atom. The Kier molecular flexibility index (Phi) is 5.73. The normalized spacial score (nSPS) is 16.3. The van der Waals surface area contributed by atoms with Crippen LogP contribution in [-0.2, 0) is 0 Å². The van der Waals surface area contributed by atoms with Crippen LogP contribution in [0.1, 0.15) is 27.2 Å². The Hall–Kier alpha value is -0.560. The number of hydrogen-bond acceptors (Lipinski definition) is 1. The standard InChI is InChI=1S/C11H21N/c1-6-7-8-10(4)11(12-5)9(2)3/h7-8,10-12H,2,6H2,1,3-5H3. The lowest BCUT2D eigenvalue weighted by Crippen LogP contribution is -2.31. The average Bonchev–Trinajstić information content (AvgIpc) is 2.01. The Balaban J connectivity index is 4.11. The predicted octanol–water partition coefficient (Wildman–Crippen LogP) is 2.75. The highest BCUT2D eigenvalue weighted by molar-refractivity contribution is 5.07. The van der Waals surface area contributed by atoms with Crippen molar-refractivity contribution in [1.29, 1.82) is 0 Å². The Labute approximate surface area is 76.6 Å². The van der Waals surface area contributed by atoms with Crippen LogP contribution < -0.4 is 5.32 Å². The third-order valence-electron chi connectivity index (χ3n) is 2.04. The van der Waals surface area contributed by atoms with Crippen molar-refractivity contribution in [2.45, 2.75) is 33.2 Å². The zero-order chi connectivity index (χ0) is 9.56. The minimum absolute atomic E-state index is 0.410. The van der Waals surface area contributed by atoms with E-state index in [2.05, 4.69) is 44.8 Å². The molecular formula is C11H21N. The first-order valence-corrected chi connectivity index (χ1v) is 4.62. The Morgan fingerprint density at radius 2 is 2.17 bits per heavy atom. The fourth-order valence-corrected chi connectivity index (χ4v) is 1.42. The maximum absolute atomic E-state index is 3.96. The number of nitrogens with one attached hydrogen (secondary N) is 1. The van der Waals surface area contributed by atoms with E-state index in [9.17, 15) is 0 Å². The molecule has 0 saturated heterocycles. The number of allylic oxidation sites excluding steroid dienone is 1. The molecule has 0 saturated carbocycles. The van der Waals surface area contributed by atoms with E-state index in [4.69, 9.17) is 0 Å². The maximum Gasteiger partial charge on any atom is 0.0332 e. The van der Waals surface area contributed by atoms with E-state index in [1.807, 2.05) is 7.05 Å². The first kappa shape index (κ1) is 11.4. The van der Waals surface area contributed by atoms with Crippen LogP contribution in [0, 0.1) is 5.92 Å². The molecule has 12 heavy (non-hydrogen) atoms. The molecule has 0 bridgehead atoms. The van der Waals surface area contributed by atoms with Crippen molar-refractivity contribution >= 4 is 0 Å². The van der Waals surface area contributed by atoms with E-state index in [1.54, 1.807) is 0 Å². The van der Waals surface area contributed by atoms with Crippen molar-refractivity contribution < 1.29 is 0 Å². The first-order chi connectivity index (χ1) is 5.63. The number of rotatable bonds is 5. The van der Waals surface area contributed by atoms with Crippen LogP contribution in [0.15, 0.2) is 24.3 Å². The quantitative estimate of drug-likeness (QED) is 0.621. The molecule has 0 aromatic carbocycles. The molecule has 0 heterocycles. The van der Waals surface area contributed by atoms with Crippen molar-refractivity contribution in [3.8, 4) is 0 Å². The van der Waals surface area contributed by atoms with Gasteiger partial charge in [-0.15, -0.1) is 0 Å². The van der Waals surface area contributed by atoms with Crippen LogP contribution in [0.3, 0.4) is 0 Å². The van der Waals surface area contributed by atoms with E-state index in [-0.39, 0.29) is 0 Å². The summed E-state index contributed by atoms with van der Waals surface area (Å²) in [6.45, 7) is 10.4. The summed E-state index contributed by atoms with van der Waals surface area (Å²) in [6, 6.07) is 0.410. The lowest BCUT2D eigenvalue weighted by Gasteiger charge is -2.20. The van der Waals surface area contributed by atoms with Crippen molar-refractivity contribution in [3.05, 3.63) is 24.3 Å². The molecule has 1 N–H and O–H groups in total. The first-order valence-electron chi connectivity index (χ1n) is 4.62. The molecule has 0 aromatic rings. The van der Waals surface area contributed by atoms with Gasteiger partial charge in [-0.3, -0.25) is 0 Å². The summed E-state index contributed by atoms with van der Waals surface area (Å²) >= 11 is 0. The van der Waals surface area contributed by atoms with Gasteiger partial charge >= 0.3 is 0 Å². The Morgan fingerprint density at radius 3 is 2.50 bits per heavy atom. The van der Waals surface area contributed by atoms with E-state index in [0.29, 0.717) is 12.0 Å². The molecule has 0 radical (unpaired) electrons. The summed E-state index contributed by atoms with van der Waals surface area (Å²) in [5.74, 6) is 0.535. The van der Waals surface area contributed by atoms with Crippen molar-refractivity contribution in [2.75, 3.05) is 7.05 Å². The van der Waals surface area contributed by atoms with Crippen LogP contribution in [0.25, 0.3) is 0 Å². The highest BCUT2D eigenvalue weighted by atomic mass is 14.9. The van der Waals surface area contributed by atoms with Crippen molar-refractivity contribution in [1.82, 2.24) is 5.32 Å². The molecule has 0 aliphatic carbocycles. The molecule has 70 valence electrons. The van der Waals surface area contributed by atoms with E-state index < -0.39 is 0 Å². The zero-order valence-electron chi connectivity index (χ0n) is 8.72. The van der Waals surface area contributed by atoms with Gasteiger partial charge in [0.2, 0.25) is 0 Å². The van der Waals surface area contributed by atoms with Gasteiger partial charge in [0.1, 0.15) is 0 Å². The topological polar surface area (TPSA) is 12.0 Å². The fourth-order valence-electron chi connectivity index (χ4n) is 1.42. The summed E-state index contributed by atoms with van der Waals surface area (Å²) < 4.78 is 0. The molecule has 0 spiro atoms. The Bertz CT molecular complexity index is 158. The van der Waals surface area contributed by atoms with Gasteiger partial charge in [-0.2, -0.15) is 0 Å². The third-order valence-corrected chi connectivity index (χ3v) is 2.04. The SMILES string of the molecule is C=C(C)C(NC)C(C)C=CCC. The lowest BCUT2D eigenvalue weighted by atomic mass is 9.96. The maximum atomic E-state index is 3.96. The van der Waals surface area contributed by atoms with Gasteiger partial charge in [-0.1, -0.05) is 38.2 Å². The molecule has 1 nitrogen and oxygen atoms in total. The summed E-state index contributed by atoms with van der Waals surface area (Å²) in [7, 11) is 1.98. The molecule has 0 aliphatic heterocycles. The molecule has 2 unspecified atom stereocenters. The summed E-state index contributed by atoms with van der Waals surface area (Å²) in [6.07, 6.45) is 5.56. The van der Waals surface area contributed by atoms with E-state index in [1.165, 1.54) is 5.57 Å². The summed E-state index contributed by atoms with van der Waals surface area (Å²) in [5.41, 5.74) is 1.20. The molecule has 0 rings (SSSR count). The molecule has 0 fully saturated rings. The smallest absolute Gasteiger partial charge is 0.0332 e. The monoisotopic (exact) mass is 167 g/mol. The van der Waals surface area contributed by atoms with Gasteiger partial charge in [0, 0.05) is 6.04 Å². The molecule has 0 aromatic heterocycles. The van der Waals surface area contributed by atoms with Gasteiger partial charge in [0.05, 0.1) is 0 Å². The average molecular weight is 167 g/mol. The number of likely N-dealkylation sites (N-methyl/N-ethyl adjacent to an activating group) is 1. The van der Waals surface area contributed by atoms with E-state index in [0.717, 1.165) is 6.42 Å². The van der Waals surface area contributed by atoms with Gasteiger partial charge in [-0.25, -0.2) is 0 Å². The number of hydrogen-bond donors (Lipinski definition) is 1. The van der Waals surface area contributed by atoms with Crippen LogP contribution in [0.2, 0.25) is 0 Å². The van der Waals surface area contributed by atoms with Gasteiger partial charge in [0.15, 0.2) is 0 Å². The summed E-state index contributed by atoms with van der Waals surface area (Å²) in [5, 5.41) is 3.26. The summed E-state index contributed by atoms with van der Waals surface area (Å²) in [4.78, 5) is 0. The highest BCUT2D eigenvalue weighted by Crippen LogP contribution is 2.11. The predicted molar refractivity (Wildman–Crippen MR) is 56.3 cm³/mol. The molecule has 0 amide bonds. The second kappa shape index (κ2) is 6.01. The molecule has 0 aliphatic rings. The van der Waals surface area contributed by atoms with Gasteiger partial charge < -0.3 is 5.32 Å². The van der Waals surface area contributed by atoms with Crippen molar-refractivity contribution in [3.63, 3.8) is 0 Å². The van der Waals surface area contributed by atoms with Crippen LogP contribution >= 0.6 is 0 Å². The minimum atomic E-state index is 0.410. The fraction of sp³-hybridized carbons (Fsp3) is 0.636. The molecule has 1 heteroatoms. The molecule has 2 atom stereocenters. The second-order valence-electron chi connectivity index (χ2n) is 3.31. The lowest BCUT2D eigenvalue weighted by molar-refractivity contribution is 0.520. The largest absolute Gasteiger partial charge is 0.313 e. The van der Waals surface area contributed by atoms with Gasteiger partial charge in [-0.05, 0) is 26.3 Å². The van der Waals surface area contributed by atoms with Gasteiger partial charge in [0.25, 0.3) is 0 Å². The van der Waals surface area contributed by atoms with E-state index >= 15 is 0 Å². The van der Waals surface area contributed by atoms with Crippen LogP contribution in [-0.4, -0.2) is 13.1 Å². The molecular weight excluding hydrogens is 146 g/mol. The zero-order valence-corrected chi connectivity index (χ0v) is 8.72. The van der Waals surface area contributed by atoms with Crippen LogP contribution in [0.5, 0.6) is 0 Å². The minimum Gasteiger partial charge on any atom is -0.313 e. The highest BCUT2D eigenvalue weighted by Gasteiger charge is 2.11. The second-order valence-corrected chi connectivity index (χ2v) is 3.31. The van der Waals surface area contributed by atoms with Crippen molar-refractivity contribution in [2.24, 2.45) is 5.92 Å². The third kappa shape index (κ3) is 3.72. The van der Waals surface area contributed by atoms with Crippen LogP contribution in [0.4, 0.5) is 0 Å².